The molecule has 86 valence electrons. The minimum absolute atomic E-state index is 0.213. The summed E-state index contributed by atoms with van der Waals surface area (Å²) in [5.41, 5.74) is 2.69. The van der Waals surface area contributed by atoms with Crippen molar-refractivity contribution < 1.29 is 5.11 Å². The highest BCUT2D eigenvalue weighted by atomic mass is 16.2. The summed E-state index contributed by atoms with van der Waals surface area (Å²) < 4.78 is 0. The first-order chi connectivity index (χ1) is 7.67. The first-order valence-corrected chi connectivity index (χ1v) is 5.55. The van der Waals surface area contributed by atoms with Gasteiger partial charge in [-0.25, -0.2) is 0 Å². The Hall–Kier alpha value is -1.53. The van der Waals surface area contributed by atoms with Crippen LogP contribution in [0.4, 0.5) is 5.69 Å². The Balaban J connectivity index is 2.72. The van der Waals surface area contributed by atoms with Crippen molar-refractivity contribution in [2.45, 2.75) is 32.7 Å². The Morgan fingerprint density at radius 1 is 1.50 bits per heavy atom. The summed E-state index contributed by atoms with van der Waals surface area (Å²) >= 11 is 0. The molecule has 3 nitrogen and oxygen atoms in total. The molecule has 0 heterocycles. The largest absolute Gasteiger partial charge is 0.396 e. The lowest BCUT2D eigenvalue weighted by Crippen LogP contribution is -2.16. The van der Waals surface area contributed by atoms with Gasteiger partial charge in [0.2, 0.25) is 0 Å². The molecule has 0 fully saturated rings. The standard InChI is InChI=1S/C13H18N2O/c1-10-5-6-12(9-14)13(8-10)15-11(2)4-3-7-16/h5-6,8,11,15-16H,3-4,7H2,1-2H3. The van der Waals surface area contributed by atoms with Crippen molar-refractivity contribution in [3.8, 4) is 6.07 Å². The van der Waals surface area contributed by atoms with Gasteiger partial charge in [0, 0.05) is 12.6 Å². The van der Waals surface area contributed by atoms with Crippen molar-refractivity contribution in [1.82, 2.24) is 0 Å². The highest BCUT2D eigenvalue weighted by Crippen LogP contribution is 2.18. The Morgan fingerprint density at radius 3 is 2.88 bits per heavy atom. The predicted octanol–water partition coefficient (Wildman–Crippen LogP) is 2.44. The van der Waals surface area contributed by atoms with E-state index in [1.807, 2.05) is 25.1 Å². The molecule has 0 aliphatic carbocycles. The lowest BCUT2D eigenvalue weighted by atomic mass is 10.1. The molecular weight excluding hydrogens is 200 g/mol. The van der Waals surface area contributed by atoms with Gasteiger partial charge in [-0.05, 0) is 44.4 Å². The van der Waals surface area contributed by atoms with Crippen LogP contribution in [0, 0.1) is 18.3 Å². The molecule has 0 aromatic heterocycles. The summed E-state index contributed by atoms with van der Waals surface area (Å²) in [7, 11) is 0. The maximum absolute atomic E-state index is 8.97. The van der Waals surface area contributed by atoms with Crippen LogP contribution in [0.5, 0.6) is 0 Å². The Labute approximate surface area is 96.7 Å². The molecule has 0 saturated heterocycles. The van der Waals surface area contributed by atoms with Crippen LogP contribution in [0.15, 0.2) is 18.2 Å². The Kier molecular flexibility index (Phi) is 4.81. The summed E-state index contributed by atoms with van der Waals surface area (Å²) in [6, 6.07) is 8.18. The number of nitriles is 1. The second-order valence-corrected chi connectivity index (χ2v) is 4.07. The minimum atomic E-state index is 0.213. The number of hydrogen-bond donors (Lipinski definition) is 2. The fourth-order valence-electron chi connectivity index (χ4n) is 1.61. The molecule has 0 bridgehead atoms. The average molecular weight is 218 g/mol. The average Bonchev–Trinajstić information content (AvgIpc) is 2.27. The highest BCUT2D eigenvalue weighted by molar-refractivity contribution is 5.59. The number of nitrogens with one attached hydrogen (secondary N) is 1. The van der Waals surface area contributed by atoms with Crippen LogP contribution in [0.2, 0.25) is 0 Å². The number of benzene rings is 1. The highest BCUT2D eigenvalue weighted by Gasteiger charge is 2.06. The second kappa shape index (κ2) is 6.14. The lowest BCUT2D eigenvalue weighted by Gasteiger charge is -2.16. The Bertz CT molecular complexity index is 382. The number of hydrogen-bond acceptors (Lipinski definition) is 3. The normalized spacial score (nSPS) is 11.9. The van der Waals surface area contributed by atoms with Gasteiger partial charge in [0.05, 0.1) is 11.3 Å². The molecule has 0 radical (unpaired) electrons. The molecule has 0 saturated carbocycles. The maximum Gasteiger partial charge on any atom is 0.101 e. The van der Waals surface area contributed by atoms with Crippen molar-refractivity contribution in [1.29, 1.82) is 5.26 Å². The van der Waals surface area contributed by atoms with Crippen LogP contribution in [0.1, 0.15) is 30.9 Å². The monoisotopic (exact) mass is 218 g/mol. The molecule has 1 aromatic carbocycles. The molecule has 1 aromatic rings. The van der Waals surface area contributed by atoms with E-state index in [1.165, 1.54) is 0 Å². The van der Waals surface area contributed by atoms with E-state index in [-0.39, 0.29) is 12.6 Å². The quantitative estimate of drug-likeness (QED) is 0.798. The van der Waals surface area contributed by atoms with Crippen LogP contribution in [-0.4, -0.2) is 17.8 Å². The number of aliphatic hydroxyl groups is 1. The molecule has 1 unspecified atom stereocenters. The van der Waals surface area contributed by atoms with Crippen molar-refractivity contribution in [3.63, 3.8) is 0 Å². The molecule has 3 heteroatoms. The predicted molar refractivity (Wildman–Crippen MR) is 65.3 cm³/mol. The van der Waals surface area contributed by atoms with Gasteiger partial charge < -0.3 is 10.4 Å². The van der Waals surface area contributed by atoms with Gasteiger partial charge in [0.25, 0.3) is 0 Å². The van der Waals surface area contributed by atoms with Crippen LogP contribution in [0.25, 0.3) is 0 Å². The molecule has 0 spiro atoms. The van der Waals surface area contributed by atoms with E-state index in [9.17, 15) is 0 Å². The zero-order valence-corrected chi connectivity index (χ0v) is 9.83. The number of rotatable bonds is 5. The summed E-state index contributed by atoms with van der Waals surface area (Å²) in [6.45, 7) is 4.27. The molecule has 1 rings (SSSR count). The molecule has 0 aliphatic rings. The van der Waals surface area contributed by atoms with Crippen molar-refractivity contribution in [3.05, 3.63) is 29.3 Å². The van der Waals surface area contributed by atoms with Crippen LogP contribution in [-0.2, 0) is 0 Å². The summed E-state index contributed by atoms with van der Waals surface area (Å²) in [5.74, 6) is 0. The van der Waals surface area contributed by atoms with Crippen LogP contribution >= 0.6 is 0 Å². The molecule has 0 aliphatic heterocycles. The SMILES string of the molecule is Cc1ccc(C#N)c(NC(C)CCCO)c1. The molecule has 0 amide bonds. The fourth-order valence-corrected chi connectivity index (χ4v) is 1.61. The van der Waals surface area contributed by atoms with E-state index in [2.05, 4.69) is 18.3 Å². The number of aryl methyl sites for hydroxylation is 1. The first kappa shape index (κ1) is 12.5. The van der Waals surface area contributed by atoms with Crippen molar-refractivity contribution in [2.24, 2.45) is 0 Å². The van der Waals surface area contributed by atoms with Gasteiger partial charge in [-0.3, -0.25) is 0 Å². The van der Waals surface area contributed by atoms with Crippen molar-refractivity contribution in [2.75, 3.05) is 11.9 Å². The van der Waals surface area contributed by atoms with Crippen LogP contribution < -0.4 is 5.32 Å². The van der Waals surface area contributed by atoms with Crippen molar-refractivity contribution >= 4 is 5.69 Å². The Morgan fingerprint density at radius 2 is 2.25 bits per heavy atom. The number of nitrogens with zero attached hydrogens (tertiary/aromatic N) is 1. The van der Waals surface area contributed by atoms with Gasteiger partial charge in [-0.2, -0.15) is 5.26 Å². The van der Waals surface area contributed by atoms with Gasteiger partial charge in [-0.1, -0.05) is 6.07 Å². The van der Waals surface area contributed by atoms with Gasteiger partial charge in [-0.15, -0.1) is 0 Å². The zero-order chi connectivity index (χ0) is 12.0. The molecule has 1 atom stereocenters. The smallest absolute Gasteiger partial charge is 0.101 e. The van der Waals surface area contributed by atoms with Crippen LogP contribution in [0.3, 0.4) is 0 Å². The van der Waals surface area contributed by atoms with E-state index in [0.717, 1.165) is 24.1 Å². The molecule has 16 heavy (non-hydrogen) atoms. The van der Waals surface area contributed by atoms with E-state index in [4.69, 9.17) is 10.4 Å². The minimum Gasteiger partial charge on any atom is -0.396 e. The third kappa shape index (κ3) is 3.56. The summed E-state index contributed by atoms with van der Waals surface area (Å²) in [4.78, 5) is 0. The number of aliphatic hydroxyl groups excluding tert-OH is 1. The van der Waals surface area contributed by atoms with E-state index in [0.29, 0.717) is 5.56 Å². The lowest BCUT2D eigenvalue weighted by molar-refractivity contribution is 0.282. The number of anilines is 1. The van der Waals surface area contributed by atoms with Gasteiger partial charge >= 0.3 is 0 Å². The third-order valence-electron chi connectivity index (χ3n) is 2.49. The summed E-state index contributed by atoms with van der Waals surface area (Å²) in [5, 5.41) is 21.0. The van der Waals surface area contributed by atoms with E-state index in [1.54, 1.807) is 0 Å². The molecule has 2 N–H and O–H groups in total. The second-order valence-electron chi connectivity index (χ2n) is 4.07. The van der Waals surface area contributed by atoms with Gasteiger partial charge in [0.15, 0.2) is 0 Å². The summed E-state index contributed by atoms with van der Waals surface area (Å²) in [6.07, 6.45) is 1.68. The first-order valence-electron chi connectivity index (χ1n) is 5.55. The van der Waals surface area contributed by atoms with E-state index < -0.39 is 0 Å². The van der Waals surface area contributed by atoms with E-state index >= 15 is 0 Å². The fraction of sp³-hybridized carbons (Fsp3) is 0.462. The maximum atomic E-state index is 8.97. The zero-order valence-electron chi connectivity index (χ0n) is 9.83. The third-order valence-corrected chi connectivity index (χ3v) is 2.49. The topological polar surface area (TPSA) is 56.0 Å². The van der Waals surface area contributed by atoms with Gasteiger partial charge in [0.1, 0.15) is 6.07 Å². The molecular formula is C13H18N2O.